The normalized spacial score (nSPS) is 15.3. The molecular formula is C11H22N2O3. The zero-order chi connectivity index (χ0) is 12.9. The maximum Gasteiger partial charge on any atom is 0.326 e. The van der Waals surface area contributed by atoms with Crippen molar-refractivity contribution in [3.8, 4) is 0 Å². The van der Waals surface area contributed by atoms with Crippen LogP contribution < -0.4 is 10.6 Å². The first kappa shape index (κ1) is 14.9. The van der Waals surface area contributed by atoms with Crippen LogP contribution in [0.4, 0.5) is 0 Å². The average molecular weight is 230 g/mol. The molecule has 1 unspecified atom stereocenters. The molecule has 0 fully saturated rings. The summed E-state index contributed by atoms with van der Waals surface area (Å²) >= 11 is 0. The molecule has 3 N–H and O–H groups in total. The Morgan fingerprint density at radius 2 is 1.88 bits per heavy atom. The van der Waals surface area contributed by atoms with Gasteiger partial charge in [-0.15, -0.1) is 0 Å². The van der Waals surface area contributed by atoms with E-state index in [2.05, 4.69) is 10.6 Å². The van der Waals surface area contributed by atoms with Crippen LogP contribution >= 0.6 is 0 Å². The maximum absolute atomic E-state index is 11.8. The number of likely N-dealkylation sites (N-methyl/N-ethyl adjacent to an activating group) is 1. The minimum Gasteiger partial charge on any atom is -0.480 e. The van der Waals surface area contributed by atoms with Gasteiger partial charge >= 0.3 is 5.97 Å². The summed E-state index contributed by atoms with van der Waals surface area (Å²) in [5, 5.41) is 14.4. The van der Waals surface area contributed by atoms with Crippen molar-refractivity contribution in [2.75, 3.05) is 7.05 Å². The predicted octanol–water partition coefficient (Wildman–Crippen LogP) is 0.600. The molecule has 0 aromatic rings. The van der Waals surface area contributed by atoms with E-state index in [0.29, 0.717) is 6.42 Å². The van der Waals surface area contributed by atoms with Gasteiger partial charge in [0.2, 0.25) is 5.91 Å². The Bertz CT molecular complexity index is 264. The van der Waals surface area contributed by atoms with Gasteiger partial charge in [0.05, 0.1) is 5.54 Å². The van der Waals surface area contributed by atoms with Crippen LogP contribution in [0.15, 0.2) is 0 Å². The predicted molar refractivity (Wildman–Crippen MR) is 62.2 cm³/mol. The topological polar surface area (TPSA) is 78.4 Å². The molecule has 1 amide bonds. The fourth-order valence-corrected chi connectivity index (χ4v) is 1.12. The smallest absolute Gasteiger partial charge is 0.326 e. The lowest BCUT2D eigenvalue weighted by Crippen LogP contribution is -2.56. The highest BCUT2D eigenvalue weighted by Crippen LogP contribution is 2.10. The van der Waals surface area contributed by atoms with Gasteiger partial charge in [-0.25, -0.2) is 4.79 Å². The van der Waals surface area contributed by atoms with E-state index in [1.54, 1.807) is 20.9 Å². The monoisotopic (exact) mass is 230 g/mol. The van der Waals surface area contributed by atoms with Crippen LogP contribution in [0.5, 0.6) is 0 Å². The van der Waals surface area contributed by atoms with Gasteiger partial charge in [-0.3, -0.25) is 4.79 Å². The van der Waals surface area contributed by atoms with Crippen molar-refractivity contribution in [2.45, 2.75) is 45.7 Å². The Kier molecular flexibility index (Phi) is 5.44. The highest BCUT2D eigenvalue weighted by Gasteiger charge is 2.31. The van der Waals surface area contributed by atoms with Gasteiger partial charge in [-0.05, 0) is 26.8 Å². The summed E-state index contributed by atoms with van der Waals surface area (Å²) in [5.41, 5.74) is -0.763. The van der Waals surface area contributed by atoms with Crippen LogP contribution in [-0.2, 0) is 9.59 Å². The Morgan fingerprint density at radius 1 is 1.38 bits per heavy atom. The molecule has 0 bridgehead atoms. The van der Waals surface area contributed by atoms with E-state index in [1.807, 2.05) is 13.8 Å². The number of rotatable bonds is 6. The average Bonchev–Trinajstić information content (AvgIpc) is 2.23. The minimum atomic E-state index is -0.991. The fourth-order valence-electron chi connectivity index (χ4n) is 1.12. The highest BCUT2D eigenvalue weighted by molar-refractivity contribution is 5.89. The van der Waals surface area contributed by atoms with Crippen molar-refractivity contribution in [1.29, 1.82) is 0 Å². The van der Waals surface area contributed by atoms with E-state index in [0.717, 1.165) is 0 Å². The SMILES string of the molecule is CCC(C)[C@H](NC(=O)C(C)(C)NC)C(=O)O. The summed E-state index contributed by atoms with van der Waals surface area (Å²) in [5.74, 6) is -1.38. The number of carbonyl (C=O) groups is 2. The van der Waals surface area contributed by atoms with Gasteiger partial charge in [0.1, 0.15) is 6.04 Å². The van der Waals surface area contributed by atoms with Crippen LogP contribution in [0.2, 0.25) is 0 Å². The first-order valence-corrected chi connectivity index (χ1v) is 5.49. The fraction of sp³-hybridized carbons (Fsp3) is 0.818. The first-order valence-electron chi connectivity index (χ1n) is 5.49. The van der Waals surface area contributed by atoms with Crippen LogP contribution in [0.25, 0.3) is 0 Å². The summed E-state index contributed by atoms with van der Waals surface area (Å²) < 4.78 is 0. The number of aliphatic carboxylic acids is 1. The molecule has 0 aromatic carbocycles. The summed E-state index contributed by atoms with van der Waals surface area (Å²) in [6.07, 6.45) is 0.706. The highest BCUT2D eigenvalue weighted by atomic mass is 16.4. The second-order valence-electron chi connectivity index (χ2n) is 4.55. The van der Waals surface area contributed by atoms with E-state index < -0.39 is 17.6 Å². The third kappa shape index (κ3) is 3.81. The Labute approximate surface area is 96.6 Å². The lowest BCUT2D eigenvalue weighted by molar-refractivity contribution is -0.144. The van der Waals surface area contributed by atoms with Crippen LogP contribution in [0, 0.1) is 5.92 Å². The molecule has 0 heterocycles. The van der Waals surface area contributed by atoms with Crippen molar-refractivity contribution < 1.29 is 14.7 Å². The number of carboxylic acid groups (broad SMARTS) is 1. The number of amides is 1. The molecule has 5 heteroatoms. The summed E-state index contributed by atoms with van der Waals surface area (Å²) in [6, 6.07) is -0.829. The zero-order valence-electron chi connectivity index (χ0n) is 10.6. The molecule has 0 spiro atoms. The van der Waals surface area contributed by atoms with Gasteiger partial charge < -0.3 is 15.7 Å². The molecule has 94 valence electrons. The lowest BCUT2D eigenvalue weighted by Gasteiger charge is -2.27. The Balaban J connectivity index is 4.65. The second-order valence-corrected chi connectivity index (χ2v) is 4.55. The minimum absolute atomic E-state index is 0.0888. The van der Waals surface area contributed by atoms with Crippen LogP contribution in [0.3, 0.4) is 0 Å². The Morgan fingerprint density at radius 3 is 2.19 bits per heavy atom. The summed E-state index contributed by atoms with van der Waals surface area (Å²) in [4.78, 5) is 22.8. The number of hydrogen-bond acceptors (Lipinski definition) is 3. The summed E-state index contributed by atoms with van der Waals surface area (Å²) in [6.45, 7) is 7.12. The maximum atomic E-state index is 11.8. The third-order valence-corrected chi connectivity index (χ3v) is 2.96. The number of hydrogen-bond donors (Lipinski definition) is 3. The number of nitrogens with one attached hydrogen (secondary N) is 2. The Hall–Kier alpha value is -1.10. The molecule has 0 aliphatic heterocycles. The zero-order valence-corrected chi connectivity index (χ0v) is 10.6. The molecule has 0 saturated heterocycles. The molecule has 5 nitrogen and oxygen atoms in total. The van der Waals surface area contributed by atoms with Gasteiger partial charge in [-0.1, -0.05) is 20.3 Å². The van der Waals surface area contributed by atoms with Crippen molar-refractivity contribution in [1.82, 2.24) is 10.6 Å². The molecule has 0 radical (unpaired) electrons. The molecular weight excluding hydrogens is 208 g/mol. The molecule has 16 heavy (non-hydrogen) atoms. The van der Waals surface area contributed by atoms with Crippen LogP contribution in [0.1, 0.15) is 34.1 Å². The van der Waals surface area contributed by atoms with Crippen molar-refractivity contribution >= 4 is 11.9 Å². The molecule has 0 aliphatic carbocycles. The van der Waals surface area contributed by atoms with Gasteiger partial charge in [0, 0.05) is 0 Å². The largest absolute Gasteiger partial charge is 0.480 e. The molecule has 0 saturated carbocycles. The standard InChI is InChI=1S/C11H22N2O3/c1-6-7(2)8(9(14)15)13-10(16)11(3,4)12-5/h7-8,12H,6H2,1-5H3,(H,13,16)(H,14,15)/t7?,8-/m0/s1. The van der Waals surface area contributed by atoms with Crippen molar-refractivity contribution in [3.63, 3.8) is 0 Å². The van der Waals surface area contributed by atoms with Crippen molar-refractivity contribution in [2.24, 2.45) is 5.92 Å². The molecule has 0 rings (SSSR count). The van der Waals surface area contributed by atoms with Gasteiger partial charge in [-0.2, -0.15) is 0 Å². The van der Waals surface area contributed by atoms with E-state index in [9.17, 15) is 9.59 Å². The number of carboxylic acids is 1. The van der Waals surface area contributed by atoms with Crippen molar-refractivity contribution in [3.05, 3.63) is 0 Å². The second kappa shape index (κ2) is 5.84. The molecule has 0 aromatic heterocycles. The quantitative estimate of drug-likeness (QED) is 0.624. The first-order chi connectivity index (χ1) is 7.26. The third-order valence-electron chi connectivity index (χ3n) is 2.96. The van der Waals surface area contributed by atoms with Gasteiger partial charge in [0.15, 0.2) is 0 Å². The van der Waals surface area contributed by atoms with Crippen LogP contribution in [-0.4, -0.2) is 35.6 Å². The van der Waals surface area contributed by atoms with Gasteiger partial charge in [0.25, 0.3) is 0 Å². The lowest BCUT2D eigenvalue weighted by atomic mass is 9.97. The summed E-state index contributed by atoms with van der Waals surface area (Å²) in [7, 11) is 1.67. The van der Waals surface area contributed by atoms with E-state index in [-0.39, 0.29) is 11.8 Å². The number of carbonyl (C=O) groups excluding carboxylic acids is 1. The van der Waals surface area contributed by atoms with E-state index in [4.69, 9.17) is 5.11 Å². The van der Waals surface area contributed by atoms with E-state index in [1.165, 1.54) is 0 Å². The van der Waals surface area contributed by atoms with E-state index >= 15 is 0 Å². The molecule has 0 aliphatic rings. The molecule has 2 atom stereocenters.